The number of rotatable bonds is 4. The van der Waals surface area contributed by atoms with E-state index in [1.54, 1.807) is 66.3 Å². The number of carbonyl (C=O) groups is 2. The predicted molar refractivity (Wildman–Crippen MR) is 110 cm³/mol. The number of aryl methyl sites for hydroxylation is 2. The lowest BCUT2D eigenvalue weighted by atomic mass is 10.0. The van der Waals surface area contributed by atoms with E-state index in [1.807, 2.05) is 6.92 Å². The lowest BCUT2D eigenvalue weighted by molar-refractivity contribution is 0.0734. The number of halogens is 1. The first-order valence-electron chi connectivity index (χ1n) is 8.84. The maximum absolute atomic E-state index is 12.5. The van der Waals surface area contributed by atoms with Gasteiger partial charge in [0.25, 0.3) is 0 Å². The molecule has 0 aliphatic carbocycles. The number of benzene rings is 2. The zero-order valence-corrected chi connectivity index (χ0v) is 16.5. The number of ether oxygens (including phenoxy) is 1. The molecule has 6 nitrogen and oxygen atoms in total. The minimum absolute atomic E-state index is 0.138. The quantitative estimate of drug-likeness (QED) is 0.286. The van der Waals surface area contributed by atoms with Gasteiger partial charge in [0.1, 0.15) is 5.75 Å². The molecule has 0 saturated heterocycles. The van der Waals surface area contributed by atoms with Gasteiger partial charge in [-0.15, -0.1) is 0 Å². The summed E-state index contributed by atoms with van der Waals surface area (Å²) in [6.07, 6.45) is 1.46. The number of nitrogens with zero attached hydrogens (tertiary/aromatic N) is 3. The fraction of sp³-hybridized carbons (Fsp3) is 0.0909. The van der Waals surface area contributed by atoms with Gasteiger partial charge in [-0.25, -0.2) is 9.78 Å². The Morgan fingerprint density at radius 1 is 0.966 bits per heavy atom. The standard InChI is InChI=1S/C22H16ClN3O3/c1-13-19-11-16(12-24-21(19)26(2)25-13)22(28)29-18-9-5-15(6-10-18)20(27)14-3-7-17(23)8-4-14/h3-12H,1-2H3. The first-order chi connectivity index (χ1) is 13.9. The van der Waals surface area contributed by atoms with Gasteiger partial charge in [0.2, 0.25) is 0 Å². The first kappa shape index (κ1) is 18.8. The molecule has 0 fully saturated rings. The van der Waals surface area contributed by atoms with Crippen molar-refractivity contribution >= 4 is 34.4 Å². The van der Waals surface area contributed by atoms with Crippen molar-refractivity contribution < 1.29 is 14.3 Å². The maximum Gasteiger partial charge on any atom is 0.345 e. The Kier molecular flexibility index (Phi) is 4.86. The Morgan fingerprint density at radius 2 is 1.59 bits per heavy atom. The van der Waals surface area contributed by atoms with E-state index in [-0.39, 0.29) is 5.78 Å². The molecule has 0 radical (unpaired) electrons. The van der Waals surface area contributed by atoms with E-state index in [2.05, 4.69) is 10.1 Å². The number of esters is 1. The van der Waals surface area contributed by atoms with Gasteiger partial charge in [0.15, 0.2) is 11.4 Å². The third-order valence-corrected chi connectivity index (χ3v) is 4.78. The summed E-state index contributed by atoms with van der Waals surface area (Å²) in [6, 6.07) is 14.8. The second-order valence-electron chi connectivity index (χ2n) is 6.55. The molecule has 2 aromatic carbocycles. The highest BCUT2D eigenvalue weighted by molar-refractivity contribution is 6.30. The average molecular weight is 406 g/mol. The van der Waals surface area contributed by atoms with Gasteiger partial charge in [-0.2, -0.15) is 5.10 Å². The summed E-state index contributed by atoms with van der Waals surface area (Å²) in [4.78, 5) is 29.3. The fourth-order valence-electron chi connectivity index (χ4n) is 3.03. The Bertz CT molecular complexity index is 1230. The number of pyridine rings is 1. The van der Waals surface area contributed by atoms with Crippen molar-refractivity contribution in [3.05, 3.63) is 88.2 Å². The van der Waals surface area contributed by atoms with E-state index in [0.717, 1.165) is 11.1 Å². The molecule has 7 heteroatoms. The summed E-state index contributed by atoms with van der Waals surface area (Å²) in [5.41, 5.74) is 2.83. The van der Waals surface area contributed by atoms with Crippen molar-refractivity contribution in [1.82, 2.24) is 14.8 Å². The van der Waals surface area contributed by atoms with Crippen molar-refractivity contribution in [2.75, 3.05) is 0 Å². The molecule has 4 aromatic rings. The average Bonchev–Trinajstić information content (AvgIpc) is 3.02. The van der Waals surface area contributed by atoms with Gasteiger partial charge in [0.05, 0.1) is 11.3 Å². The maximum atomic E-state index is 12.5. The lowest BCUT2D eigenvalue weighted by Gasteiger charge is -2.06. The minimum Gasteiger partial charge on any atom is -0.423 e. The van der Waals surface area contributed by atoms with Crippen molar-refractivity contribution in [1.29, 1.82) is 0 Å². The van der Waals surface area contributed by atoms with Gasteiger partial charge < -0.3 is 4.74 Å². The smallest absolute Gasteiger partial charge is 0.345 e. The number of ketones is 1. The van der Waals surface area contributed by atoms with E-state index >= 15 is 0 Å². The molecule has 0 saturated carbocycles. The van der Waals surface area contributed by atoms with Crippen molar-refractivity contribution in [3.63, 3.8) is 0 Å². The van der Waals surface area contributed by atoms with Crippen molar-refractivity contribution in [2.24, 2.45) is 7.05 Å². The number of hydrogen-bond acceptors (Lipinski definition) is 5. The van der Waals surface area contributed by atoms with Crippen LogP contribution in [0.2, 0.25) is 5.02 Å². The van der Waals surface area contributed by atoms with E-state index < -0.39 is 5.97 Å². The zero-order chi connectivity index (χ0) is 20.5. The highest BCUT2D eigenvalue weighted by Gasteiger charge is 2.14. The van der Waals surface area contributed by atoms with Crippen LogP contribution < -0.4 is 4.74 Å². The van der Waals surface area contributed by atoms with Crippen LogP contribution >= 0.6 is 11.6 Å². The van der Waals surface area contributed by atoms with E-state index in [9.17, 15) is 9.59 Å². The van der Waals surface area contributed by atoms with E-state index in [4.69, 9.17) is 16.3 Å². The van der Waals surface area contributed by atoms with Crippen LogP contribution in [0, 0.1) is 6.92 Å². The number of carbonyl (C=O) groups excluding carboxylic acids is 2. The van der Waals surface area contributed by atoms with E-state index in [1.165, 1.54) is 6.20 Å². The van der Waals surface area contributed by atoms with Gasteiger partial charge in [0, 0.05) is 34.8 Å². The summed E-state index contributed by atoms with van der Waals surface area (Å²) in [6.45, 7) is 1.86. The lowest BCUT2D eigenvalue weighted by Crippen LogP contribution is -2.09. The zero-order valence-electron chi connectivity index (χ0n) is 15.7. The fourth-order valence-corrected chi connectivity index (χ4v) is 3.15. The van der Waals surface area contributed by atoms with Crippen LogP contribution in [0.1, 0.15) is 32.0 Å². The van der Waals surface area contributed by atoms with Gasteiger partial charge in [-0.3, -0.25) is 9.48 Å². The molecule has 0 unspecified atom stereocenters. The second-order valence-corrected chi connectivity index (χ2v) is 6.99. The molecule has 2 aromatic heterocycles. The molecule has 0 N–H and O–H groups in total. The van der Waals surface area contributed by atoms with Crippen LogP contribution in [0.15, 0.2) is 60.8 Å². The highest BCUT2D eigenvalue weighted by Crippen LogP contribution is 2.20. The third-order valence-electron chi connectivity index (χ3n) is 4.53. The molecule has 0 amide bonds. The molecule has 0 atom stereocenters. The van der Waals surface area contributed by atoms with Gasteiger partial charge >= 0.3 is 5.97 Å². The molecule has 0 aliphatic rings. The summed E-state index contributed by atoms with van der Waals surface area (Å²) >= 11 is 5.86. The summed E-state index contributed by atoms with van der Waals surface area (Å²) in [5, 5.41) is 5.66. The van der Waals surface area contributed by atoms with Crippen LogP contribution in [-0.2, 0) is 7.05 Å². The summed E-state index contributed by atoms with van der Waals surface area (Å²) < 4.78 is 7.08. The Balaban J connectivity index is 1.51. The van der Waals surface area contributed by atoms with Crippen molar-refractivity contribution in [3.8, 4) is 5.75 Å². The molecule has 0 aliphatic heterocycles. The van der Waals surface area contributed by atoms with Gasteiger partial charge in [-0.05, 0) is 61.5 Å². The molecular weight excluding hydrogens is 390 g/mol. The SMILES string of the molecule is Cc1nn(C)c2ncc(C(=O)Oc3ccc(C(=O)c4ccc(Cl)cc4)cc3)cc12. The molecule has 0 bridgehead atoms. The Morgan fingerprint density at radius 3 is 2.24 bits per heavy atom. The number of aromatic nitrogens is 3. The van der Waals surface area contributed by atoms with Crippen LogP contribution in [0.5, 0.6) is 5.75 Å². The van der Waals surface area contributed by atoms with Crippen LogP contribution in [0.3, 0.4) is 0 Å². The molecule has 144 valence electrons. The second kappa shape index (κ2) is 7.48. The monoisotopic (exact) mass is 405 g/mol. The minimum atomic E-state index is -0.528. The van der Waals surface area contributed by atoms with Crippen LogP contribution in [0.4, 0.5) is 0 Å². The van der Waals surface area contributed by atoms with Gasteiger partial charge in [-0.1, -0.05) is 11.6 Å². The topological polar surface area (TPSA) is 74.1 Å². The van der Waals surface area contributed by atoms with Crippen LogP contribution in [0.25, 0.3) is 11.0 Å². The van der Waals surface area contributed by atoms with Crippen molar-refractivity contribution in [2.45, 2.75) is 6.92 Å². The van der Waals surface area contributed by atoms with Crippen LogP contribution in [-0.4, -0.2) is 26.5 Å². The summed E-state index contributed by atoms with van der Waals surface area (Å²) in [5.74, 6) is -0.327. The largest absolute Gasteiger partial charge is 0.423 e. The molecule has 29 heavy (non-hydrogen) atoms. The summed E-state index contributed by atoms with van der Waals surface area (Å²) in [7, 11) is 1.80. The normalized spacial score (nSPS) is 10.9. The third kappa shape index (κ3) is 3.75. The Labute approximate surface area is 171 Å². The molecule has 4 rings (SSSR count). The predicted octanol–water partition coefficient (Wildman–Crippen LogP) is 4.38. The first-order valence-corrected chi connectivity index (χ1v) is 9.22. The number of hydrogen-bond donors (Lipinski definition) is 0. The molecular formula is C22H16ClN3O3. The Hall–Kier alpha value is -3.51. The number of fused-ring (bicyclic) bond motifs is 1. The highest BCUT2D eigenvalue weighted by atomic mass is 35.5. The molecule has 2 heterocycles. The van der Waals surface area contributed by atoms with E-state index in [0.29, 0.717) is 33.1 Å². The molecule has 0 spiro atoms.